The SMILES string of the molecule is CC(C(=O)O)N(C)C(=O)CCn1cnc2sc3c(c2c1=O)CCCC3. The molecule has 8 heteroatoms. The van der Waals surface area contributed by atoms with E-state index in [4.69, 9.17) is 5.11 Å². The molecule has 0 fully saturated rings. The van der Waals surface area contributed by atoms with Gasteiger partial charge >= 0.3 is 5.97 Å². The summed E-state index contributed by atoms with van der Waals surface area (Å²) in [5.74, 6) is -1.37. The number of likely N-dealkylation sites (N-methyl/N-ethyl adjacent to an activating group) is 1. The highest BCUT2D eigenvalue weighted by atomic mass is 32.1. The van der Waals surface area contributed by atoms with Gasteiger partial charge < -0.3 is 10.0 Å². The van der Waals surface area contributed by atoms with Crippen molar-refractivity contribution >= 4 is 33.4 Å². The van der Waals surface area contributed by atoms with Crippen LogP contribution in [0, 0.1) is 0 Å². The van der Waals surface area contributed by atoms with Crippen LogP contribution in [0.25, 0.3) is 10.2 Å². The van der Waals surface area contributed by atoms with E-state index >= 15 is 0 Å². The fourth-order valence-corrected chi connectivity index (χ4v) is 4.33. The molecule has 1 amide bonds. The van der Waals surface area contributed by atoms with Crippen LogP contribution in [0.5, 0.6) is 0 Å². The fraction of sp³-hybridized carbons (Fsp3) is 0.529. The number of carboxylic acids is 1. The highest BCUT2D eigenvalue weighted by molar-refractivity contribution is 7.18. The molecule has 0 saturated heterocycles. The van der Waals surface area contributed by atoms with E-state index in [0.29, 0.717) is 5.39 Å². The lowest BCUT2D eigenvalue weighted by molar-refractivity contribution is -0.148. The molecule has 25 heavy (non-hydrogen) atoms. The molecule has 1 aliphatic rings. The Morgan fingerprint density at radius 1 is 1.40 bits per heavy atom. The molecule has 0 aromatic carbocycles. The van der Waals surface area contributed by atoms with Crippen molar-refractivity contribution < 1.29 is 14.7 Å². The van der Waals surface area contributed by atoms with Crippen LogP contribution in [0.15, 0.2) is 11.1 Å². The number of aryl methyl sites for hydroxylation is 3. The Labute approximate surface area is 148 Å². The molecular formula is C17H21N3O4S. The number of rotatable bonds is 5. The molecule has 2 aromatic rings. The number of hydrogen-bond donors (Lipinski definition) is 1. The van der Waals surface area contributed by atoms with Crippen molar-refractivity contribution in [1.29, 1.82) is 0 Å². The normalized spacial score (nSPS) is 15.0. The van der Waals surface area contributed by atoms with E-state index in [2.05, 4.69) is 4.98 Å². The minimum Gasteiger partial charge on any atom is -0.480 e. The number of hydrogen-bond acceptors (Lipinski definition) is 5. The number of aromatic nitrogens is 2. The predicted molar refractivity (Wildman–Crippen MR) is 95.0 cm³/mol. The summed E-state index contributed by atoms with van der Waals surface area (Å²) in [6.45, 7) is 1.65. The van der Waals surface area contributed by atoms with Crippen molar-refractivity contribution in [2.45, 2.75) is 51.6 Å². The minimum absolute atomic E-state index is 0.0630. The van der Waals surface area contributed by atoms with Gasteiger partial charge in [0.1, 0.15) is 10.9 Å². The number of carbonyl (C=O) groups excluding carboxylic acids is 1. The average Bonchev–Trinajstić information content (AvgIpc) is 2.98. The van der Waals surface area contributed by atoms with Crippen molar-refractivity contribution in [3.8, 4) is 0 Å². The zero-order valence-electron chi connectivity index (χ0n) is 14.3. The smallest absolute Gasteiger partial charge is 0.326 e. The Balaban J connectivity index is 1.81. The lowest BCUT2D eigenvalue weighted by atomic mass is 9.97. The number of thiophene rings is 1. The monoisotopic (exact) mass is 363 g/mol. The summed E-state index contributed by atoms with van der Waals surface area (Å²) >= 11 is 1.59. The van der Waals surface area contributed by atoms with E-state index in [-0.39, 0.29) is 24.4 Å². The van der Waals surface area contributed by atoms with Crippen LogP contribution in [0.3, 0.4) is 0 Å². The Morgan fingerprint density at radius 3 is 2.84 bits per heavy atom. The summed E-state index contributed by atoms with van der Waals surface area (Å²) < 4.78 is 1.46. The lowest BCUT2D eigenvalue weighted by Crippen LogP contribution is -2.40. The number of carboxylic acid groups (broad SMARTS) is 1. The lowest BCUT2D eigenvalue weighted by Gasteiger charge is -2.21. The predicted octanol–water partition coefficient (Wildman–Crippen LogP) is 1.66. The topological polar surface area (TPSA) is 92.5 Å². The van der Waals surface area contributed by atoms with Gasteiger partial charge in [-0.15, -0.1) is 11.3 Å². The fourth-order valence-electron chi connectivity index (χ4n) is 3.11. The molecule has 3 rings (SSSR count). The second-order valence-corrected chi connectivity index (χ2v) is 7.49. The largest absolute Gasteiger partial charge is 0.480 e. The highest BCUT2D eigenvalue weighted by Gasteiger charge is 2.23. The van der Waals surface area contributed by atoms with Crippen LogP contribution in [-0.2, 0) is 29.0 Å². The van der Waals surface area contributed by atoms with Crippen LogP contribution >= 0.6 is 11.3 Å². The molecule has 0 bridgehead atoms. The summed E-state index contributed by atoms with van der Waals surface area (Å²) in [6.07, 6.45) is 5.70. The zero-order chi connectivity index (χ0) is 18.1. The number of fused-ring (bicyclic) bond motifs is 3. The van der Waals surface area contributed by atoms with Gasteiger partial charge in [-0.25, -0.2) is 9.78 Å². The molecule has 0 saturated carbocycles. The van der Waals surface area contributed by atoms with Crippen LogP contribution in [-0.4, -0.2) is 44.5 Å². The maximum absolute atomic E-state index is 12.8. The first-order chi connectivity index (χ1) is 11.9. The van der Waals surface area contributed by atoms with Gasteiger partial charge in [0.2, 0.25) is 5.91 Å². The highest BCUT2D eigenvalue weighted by Crippen LogP contribution is 2.33. The molecule has 2 heterocycles. The van der Waals surface area contributed by atoms with Gasteiger partial charge in [-0.1, -0.05) is 0 Å². The second-order valence-electron chi connectivity index (χ2n) is 6.40. The maximum atomic E-state index is 12.8. The summed E-state index contributed by atoms with van der Waals surface area (Å²) in [5, 5.41) is 9.68. The number of nitrogens with zero attached hydrogens (tertiary/aromatic N) is 3. The molecule has 1 atom stereocenters. The average molecular weight is 363 g/mol. The van der Waals surface area contributed by atoms with E-state index in [9.17, 15) is 14.4 Å². The Kier molecular flexibility index (Phi) is 4.89. The minimum atomic E-state index is -1.05. The number of carbonyl (C=O) groups is 2. The number of aliphatic carboxylic acids is 1. The summed E-state index contributed by atoms with van der Waals surface area (Å²) in [4.78, 5) is 43.5. The molecule has 1 aliphatic carbocycles. The van der Waals surface area contributed by atoms with Crippen molar-refractivity contribution in [3.63, 3.8) is 0 Å². The van der Waals surface area contributed by atoms with Gasteiger partial charge in [-0.05, 0) is 38.2 Å². The van der Waals surface area contributed by atoms with Gasteiger partial charge in [-0.2, -0.15) is 0 Å². The third-order valence-electron chi connectivity index (χ3n) is 4.84. The quantitative estimate of drug-likeness (QED) is 0.872. The van der Waals surface area contributed by atoms with Gasteiger partial charge in [0, 0.05) is 24.9 Å². The maximum Gasteiger partial charge on any atom is 0.326 e. The molecular weight excluding hydrogens is 342 g/mol. The van der Waals surface area contributed by atoms with E-state index in [1.165, 1.54) is 34.6 Å². The Bertz CT molecular complexity index is 886. The number of amides is 1. The summed E-state index contributed by atoms with van der Waals surface area (Å²) in [7, 11) is 1.46. The molecule has 7 nitrogen and oxygen atoms in total. The van der Waals surface area contributed by atoms with E-state index in [1.807, 2.05) is 0 Å². The second kappa shape index (κ2) is 6.95. The van der Waals surface area contributed by atoms with Crippen molar-refractivity contribution in [3.05, 3.63) is 27.1 Å². The summed E-state index contributed by atoms with van der Waals surface area (Å²) in [5.41, 5.74) is 1.02. The van der Waals surface area contributed by atoms with Crippen LogP contribution in [0.1, 0.15) is 36.6 Å². The molecule has 134 valence electrons. The molecule has 2 aromatic heterocycles. The Hall–Kier alpha value is -2.22. The molecule has 0 aliphatic heterocycles. The van der Waals surface area contributed by atoms with Gasteiger partial charge in [0.05, 0.1) is 11.7 Å². The van der Waals surface area contributed by atoms with Crippen LogP contribution in [0.4, 0.5) is 0 Å². The molecule has 0 radical (unpaired) electrons. The van der Waals surface area contributed by atoms with Crippen molar-refractivity contribution in [1.82, 2.24) is 14.5 Å². The van der Waals surface area contributed by atoms with E-state index in [1.54, 1.807) is 11.3 Å². The van der Waals surface area contributed by atoms with E-state index < -0.39 is 12.0 Å². The third-order valence-corrected chi connectivity index (χ3v) is 6.04. The van der Waals surface area contributed by atoms with Gasteiger partial charge in [0.25, 0.3) is 5.56 Å². The van der Waals surface area contributed by atoms with Crippen molar-refractivity contribution in [2.75, 3.05) is 7.05 Å². The molecule has 1 unspecified atom stereocenters. The first kappa shape index (κ1) is 17.6. The zero-order valence-corrected chi connectivity index (χ0v) is 15.1. The van der Waals surface area contributed by atoms with E-state index in [0.717, 1.165) is 36.1 Å². The molecule has 0 spiro atoms. The third kappa shape index (κ3) is 3.30. The van der Waals surface area contributed by atoms with Crippen LogP contribution < -0.4 is 5.56 Å². The standard InChI is InChI=1S/C17H21N3O4S/c1-10(17(23)24)19(2)13(21)7-8-20-9-18-15-14(16(20)22)11-5-3-4-6-12(11)25-15/h9-10H,3-8H2,1-2H3,(H,23,24). The Morgan fingerprint density at radius 2 is 2.12 bits per heavy atom. The van der Waals surface area contributed by atoms with Gasteiger partial charge in [0.15, 0.2) is 0 Å². The summed E-state index contributed by atoms with van der Waals surface area (Å²) in [6, 6.07) is -0.895. The van der Waals surface area contributed by atoms with Gasteiger partial charge in [-0.3, -0.25) is 14.2 Å². The molecule has 1 N–H and O–H groups in total. The first-order valence-electron chi connectivity index (χ1n) is 8.38. The van der Waals surface area contributed by atoms with Crippen molar-refractivity contribution in [2.24, 2.45) is 0 Å². The van der Waals surface area contributed by atoms with Crippen LogP contribution in [0.2, 0.25) is 0 Å². The first-order valence-corrected chi connectivity index (χ1v) is 9.20.